The van der Waals surface area contributed by atoms with Crippen LogP contribution in [0.15, 0.2) is 42.5 Å². The fraction of sp³-hybridized carbons (Fsp3) is 0.519. The number of carbonyl (C=O) groups is 3. The van der Waals surface area contributed by atoms with Crippen LogP contribution in [-0.4, -0.2) is 59.4 Å². The number of hydrogen-bond donors (Lipinski definition) is 0. The number of likely N-dealkylation sites (tertiary alicyclic amines) is 2. The van der Waals surface area contributed by atoms with Crippen LogP contribution in [0.1, 0.15) is 56.8 Å². The lowest BCUT2D eigenvalue weighted by Crippen LogP contribution is -2.51. The number of benzene rings is 2. The van der Waals surface area contributed by atoms with E-state index in [9.17, 15) is 14.4 Å². The first kappa shape index (κ1) is 23.3. The van der Waals surface area contributed by atoms with Gasteiger partial charge >= 0.3 is 5.97 Å². The topological polar surface area (TPSA) is 66.9 Å². The number of piperidine rings is 2. The molecule has 0 atom stereocenters. The molecule has 2 aromatic carbocycles. The molecule has 0 N–H and O–H groups in total. The molecule has 0 aliphatic carbocycles. The van der Waals surface area contributed by atoms with Crippen LogP contribution in [0.2, 0.25) is 0 Å². The molecule has 0 bridgehead atoms. The number of amides is 2. The molecule has 2 heterocycles. The van der Waals surface area contributed by atoms with E-state index in [0.717, 1.165) is 55.1 Å². The van der Waals surface area contributed by atoms with Crippen LogP contribution in [0.25, 0.3) is 10.8 Å². The van der Waals surface area contributed by atoms with E-state index in [1.165, 1.54) is 6.92 Å². The number of esters is 1. The third-order valence-electron chi connectivity index (χ3n) is 7.23. The molecule has 33 heavy (non-hydrogen) atoms. The molecule has 2 fully saturated rings. The summed E-state index contributed by atoms with van der Waals surface area (Å²) in [5, 5.41) is 2.24. The van der Waals surface area contributed by atoms with Crippen LogP contribution in [0.3, 0.4) is 0 Å². The molecular formula is C27H34N2O4. The first-order chi connectivity index (χ1) is 15.7. The van der Waals surface area contributed by atoms with Crippen molar-refractivity contribution in [3.8, 4) is 0 Å². The van der Waals surface area contributed by atoms with E-state index in [4.69, 9.17) is 4.74 Å². The zero-order valence-electron chi connectivity index (χ0n) is 19.9. The molecule has 2 saturated heterocycles. The van der Waals surface area contributed by atoms with E-state index in [2.05, 4.69) is 6.07 Å². The van der Waals surface area contributed by atoms with E-state index >= 15 is 0 Å². The SMILES string of the molecule is CC(=O)OC(C)(C)C(=O)N1CCC(C2CCN(C(=O)c3ccc4ccccc4c3)CC2)CC1. The minimum atomic E-state index is -1.12. The quantitative estimate of drug-likeness (QED) is 0.653. The fourth-order valence-corrected chi connectivity index (χ4v) is 5.44. The van der Waals surface area contributed by atoms with Gasteiger partial charge < -0.3 is 14.5 Å². The standard InChI is InChI=1S/C27H34N2O4/c1-19(30)33-27(2,3)26(32)29-16-12-22(13-17-29)21-10-14-28(15-11-21)25(31)24-9-8-20-6-4-5-7-23(20)18-24/h4-9,18,21-22H,10-17H2,1-3H3. The highest BCUT2D eigenvalue weighted by molar-refractivity contribution is 5.98. The molecule has 2 aliphatic heterocycles. The maximum absolute atomic E-state index is 13.1. The predicted octanol–water partition coefficient (Wildman–Crippen LogP) is 4.27. The van der Waals surface area contributed by atoms with Crippen LogP contribution in [0, 0.1) is 11.8 Å². The first-order valence-corrected chi connectivity index (χ1v) is 12.0. The summed E-state index contributed by atoms with van der Waals surface area (Å²) in [6, 6.07) is 14.1. The number of carbonyl (C=O) groups excluding carboxylic acids is 3. The van der Waals surface area contributed by atoms with Crippen molar-refractivity contribution < 1.29 is 19.1 Å². The van der Waals surface area contributed by atoms with E-state index < -0.39 is 11.6 Å². The summed E-state index contributed by atoms with van der Waals surface area (Å²) in [5.41, 5.74) is -0.359. The number of ether oxygens (including phenoxy) is 1. The zero-order chi connectivity index (χ0) is 23.6. The summed E-state index contributed by atoms with van der Waals surface area (Å²) in [6.07, 6.45) is 3.95. The molecule has 0 unspecified atom stereocenters. The Balaban J connectivity index is 1.28. The van der Waals surface area contributed by atoms with Gasteiger partial charge in [0.25, 0.3) is 11.8 Å². The van der Waals surface area contributed by atoms with Crippen molar-refractivity contribution in [2.24, 2.45) is 11.8 Å². The van der Waals surface area contributed by atoms with Gasteiger partial charge in [0.15, 0.2) is 5.60 Å². The Morgan fingerprint density at radius 2 is 1.36 bits per heavy atom. The van der Waals surface area contributed by atoms with E-state index in [0.29, 0.717) is 24.9 Å². The molecule has 2 amide bonds. The Morgan fingerprint density at radius 3 is 1.94 bits per heavy atom. The fourth-order valence-electron chi connectivity index (χ4n) is 5.44. The van der Waals surface area contributed by atoms with Gasteiger partial charge in [0.2, 0.25) is 0 Å². The average molecular weight is 451 g/mol. The highest BCUT2D eigenvalue weighted by atomic mass is 16.6. The summed E-state index contributed by atoms with van der Waals surface area (Å²) < 4.78 is 5.22. The normalized spacial score (nSPS) is 18.4. The maximum Gasteiger partial charge on any atom is 0.303 e. The van der Waals surface area contributed by atoms with Crippen molar-refractivity contribution >= 4 is 28.6 Å². The van der Waals surface area contributed by atoms with Crippen molar-refractivity contribution in [1.29, 1.82) is 0 Å². The van der Waals surface area contributed by atoms with E-state index in [1.807, 2.05) is 46.2 Å². The predicted molar refractivity (Wildman–Crippen MR) is 128 cm³/mol. The lowest BCUT2D eigenvalue weighted by atomic mass is 9.78. The molecule has 0 saturated carbocycles. The van der Waals surface area contributed by atoms with Gasteiger partial charge in [-0.15, -0.1) is 0 Å². The number of hydrogen-bond acceptors (Lipinski definition) is 4. The van der Waals surface area contributed by atoms with Gasteiger partial charge in [-0.1, -0.05) is 30.3 Å². The minimum Gasteiger partial charge on any atom is -0.450 e. The van der Waals surface area contributed by atoms with Crippen LogP contribution < -0.4 is 0 Å². The van der Waals surface area contributed by atoms with Gasteiger partial charge in [-0.05, 0) is 74.3 Å². The summed E-state index contributed by atoms with van der Waals surface area (Å²) in [7, 11) is 0. The zero-order valence-corrected chi connectivity index (χ0v) is 19.9. The lowest BCUT2D eigenvalue weighted by molar-refractivity contribution is -0.169. The highest BCUT2D eigenvalue weighted by Gasteiger charge is 2.38. The molecule has 0 spiro atoms. The molecule has 176 valence electrons. The van der Waals surface area contributed by atoms with Crippen LogP contribution in [0.5, 0.6) is 0 Å². The minimum absolute atomic E-state index is 0.118. The third kappa shape index (κ3) is 5.21. The Bertz CT molecular complexity index is 1030. The maximum atomic E-state index is 13.1. The summed E-state index contributed by atoms with van der Waals surface area (Å²) in [6.45, 7) is 7.62. The molecule has 0 radical (unpaired) electrons. The van der Waals surface area contributed by atoms with Crippen molar-refractivity contribution in [2.45, 2.75) is 52.1 Å². The van der Waals surface area contributed by atoms with E-state index in [1.54, 1.807) is 13.8 Å². The second-order valence-corrected chi connectivity index (χ2v) is 9.93. The van der Waals surface area contributed by atoms with E-state index in [-0.39, 0.29) is 11.8 Å². The number of fused-ring (bicyclic) bond motifs is 1. The average Bonchev–Trinajstić information content (AvgIpc) is 2.82. The molecule has 2 aliphatic rings. The highest BCUT2D eigenvalue weighted by Crippen LogP contribution is 2.34. The van der Waals surface area contributed by atoms with Gasteiger partial charge in [-0.3, -0.25) is 14.4 Å². The largest absolute Gasteiger partial charge is 0.450 e. The molecular weight excluding hydrogens is 416 g/mol. The molecule has 6 heteroatoms. The van der Waals surface area contributed by atoms with Crippen molar-refractivity contribution in [2.75, 3.05) is 26.2 Å². The van der Waals surface area contributed by atoms with Crippen LogP contribution in [0.4, 0.5) is 0 Å². The van der Waals surface area contributed by atoms with Gasteiger partial charge in [0.05, 0.1) is 0 Å². The molecule has 2 aromatic rings. The van der Waals surface area contributed by atoms with Crippen molar-refractivity contribution in [1.82, 2.24) is 9.80 Å². The molecule has 6 nitrogen and oxygen atoms in total. The Kier molecular flexibility index (Phi) is 6.73. The Labute approximate surface area is 195 Å². The summed E-state index contributed by atoms with van der Waals surface area (Å²) in [5.74, 6) is 0.723. The monoisotopic (exact) mass is 450 g/mol. The van der Waals surface area contributed by atoms with Gasteiger partial charge in [0.1, 0.15) is 0 Å². The molecule has 4 rings (SSSR count). The van der Waals surface area contributed by atoms with Crippen LogP contribution in [-0.2, 0) is 14.3 Å². The summed E-state index contributed by atoms with van der Waals surface area (Å²) in [4.78, 5) is 41.0. The van der Waals surface area contributed by atoms with Crippen molar-refractivity contribution in [3.05, 3.63) is 48.0 Å². The number of nitrogens with zero attached hydrogens (tertiary/aromatic N) is 2. The second kappa shape index (κ2) is 9.54. The van der Waals surface area contributed by atoms with Crippen LogP contribution >= 0.6 is 0 Å². The smallest absolute Gasteiger partial charge is 0.303 e. The second-order valence-electron chi connectivity index (χ2n) is 9.93. The number of rotatable bonds is 4. The molecule has 0 aromatic heterocycles. The van der Waals surface area contributed by atoms with Gasteiger partial charge in [-0.25, -0.2) is 0 Å². The first-order valence-electron chi connectivity index (χ1n) is 12.0. The summed E-state index contributed by atoms with van der Waals surface area (Å²) >= 11 is 0. The third-order valence-corrected chi connectivity index (χ3v) is 7.23. The van der Waals surface area contributed by atoms with Crippen molar-refractivity contribution in [3.63, 3.8) is 0 Å². The van der Waals surface area contributed by atoms with Gasteiger partial charge in [-0.2, -0.15) is 0 Å². The Hall–Kier alpha value is -2.89. The Morgan fingerprint density at radius 1 is 0.818 bits per heavy atom. The van der Waals surface area contributed by atoms with Gasteiger partial charge in [0, 0.05) is 38.7 Å². The lowest BCUT2D eigenvalue weighted by Gasteiger charge is -2.41.